The van der Waals surface area contributed by atoms with Gasteiger partial charge in [-0.2, -0.15) is 9.61 Å². The third kappa shape index (κ3) is 3.08. The Balaban J connectivity index is 1.63. The highest BCUT2D eigenvalue weighted by atomic mass is 16.5. The van der Waals surface area contributed by atoms with Gasteiger partial charge in [-0.05, 0) is 30.7 Å². The molecule has 0 saturated heterocycles. The number of fused-ring (bicyclic) bond motifs is 1. The number of aryl methyl sites for hydroxylation is 2. The molecule has 0 spiro atoms. The highest BCUT2D eigenvalue weighted by Gasteiger charge is 2.18. The van der Waals surface area contributed by atoms with Gasteiger partial charge in [0.2, 0.25) is 11.7 Å². The summed E-state index contributed by atoms with van der Waals surface area (Å²) in [7, 11) is 1.80. The minimum atomic E-state index is 0.202. The monoisotopic (exact) mass is 389 g/mol. The minimum absolute atomic E-state index is 0.202. The first kappa shape index (κ1) is 17.0. The quantitative estimate of drug-likeness (QED) is 0.443. The van der Waals surface area contributed by atoms with E-state index in [9.17, 15) is 0 Å². The van der Waals surface area contributed by atoms with Crippen molar-refractivity contribution >= 4 is 5.65 Å². The van der Waals surface area contributed by atoms with Crippen LogP contribution in [0.25, 0.3) is 28.3 Å². The fourth-order valence-corrected chi connectivity index (χ4v) is 2.88. The van der Waals surface area contributed by atoms with Crippen molar-refractivity contribution in [1.29, 1.82) is 0 Å². The van der Waals surface area contributed by atoms with Crippen LogP contribution in [0.2, 0.25) is 0 Å². The molecule has 29 heavy (non-hydrogen) atoms. The average Bonchev–Trinajstić information content (AvgIpc) is 3.46. The maximum absolute atomic E-state index is 6.02. The van der Waals surface area contributed by atoms with E-state index in [0.29, 0.717) is 34.6 Å². The van der Waals surface area contributed by atoms with E-state index in [2.05, 4.69) is 35.5 Å². The summed E-state index contributed by atoms with van der Waals surface area (Å²) in [6.07, 6.45) is 4.89. The first-order valence-corrected chi connectivity index (χ1v) is 8.75. The lowest BCUT2D eigenvalue weighted by atomic mass is 10.1. The molecule has 0 radical (unpaired) electrons. The zero-order valence-corrected chi connectivity index (χ0v) is 15.6. The Morgan fingerprint density at radius 1 is 1.14 bits per heavy atom. The van der Waals surface area contributed by atoms with Crippen LogP contribution in [0.4, 0.5) is 0 Å². The number of rotatable bonds is 5. The Morgan fingerprint density at radius 2 is 2.00 bits per heavy atom. The third-order valence-electron chi connectivity index (χ3n) is 4.35. The van der Waals surface area contributed by atoms with E-state index >= 15 is 0 Å². The van der Waals surface area contributed by atoms with Gasteiger partial charge < -0.3 is 9.26 Å². The lowest BCUT2D eigenvalue weighted by molar-refractivity contribution is 0.275. The normalized spacial score (nSPS) is 11.2. The van der Waals surface area contributed by atoms with Crippen LogP contribution in [0.1, 0.15) is 11.6 Å². The van der Waals surface area contributed by atoms with Crippen molar-refractivity contribution in [3.8, 4) is 28.5 Å². The Morgan fingerprint density at radius 3 is 2.72 bits per heavy atom. The highest BCUT2D eigenvalue weighted by Crippen LogP contribution is 2.30. The molecule has 5 aromatic rings. The Bertz CT molecular complexity index is 1290. The molecule has 5 rings (SSSR count). The van der Waals surface area contributed by atoms with E-state index in [-0.39, 0.29) is 6.61 Å². The zero-order valence-electron chi connectivity index (χ0n) is 15.6. The first-order chi connectivity index (χ1) is 14.2. The van der Waals surface area contributed by atoms with Crippen molar-refractivity contribution in [3.63, 3.8) is 0 Å². The van der Waals surface area contributed by atoms with Crippen LogP contribution in [0, 0.1) is 6.92 Å². The molecular weight excluding hydrogens is 374 g/mol. The molecule has 0 aliphatic carbocycles. The van der Waals surface area contributed by atoms with Crippen molar-refractivity contribution in [2.24, 2.45) is 7.05 Å². The standard InChI is InChI=1S/C18H15N9O2/c1-11-7-14(25-29-11)17-23-22-15-8-13(12-3-5-19-6-4-12)18(24-27(15)17)28-9-16-20-10-21-26(16)2/h3-8,10H,9H2,1-2H3. The lowest BCUT2D eigenvalue weighted by Gasteiger charge is -2.11. The lowest BCUT2D eigenvalue weighted by Crippen LogP contribution is -2.08. The molecule has 5 heterocycles. The number of aromatic nitrogens is 9. The fraction of sp³-hybridized carbons (Fsp3) is 0.167. The van der Waals surface area contributed by atoms with Gasteiger partial charge in [-0.25, -0.2) is 4.98 Å². The maximum atomic E-state index is 6.02. The summed E-state index contributed by atoms with van der Waals surface area (Å²) in [6, 6.07) is 7.38. The second-order valence-corrected chi connectivity index (χ2v) is 6.30. The number of hydrogen-bond donors (Lipinski definition) is 0. The van der Waals surface area contributed by atoms with E-state index in [1.165, 1.54) is 6.33 Å². The molecule has 0 amide bonds. The van der Waals surface area contributed by atoms with E-state index < -0.39 is 0 Å². The van der Waals surface area contributed by atoms with Crippen molar-refractivity contribution in [1.82, 2.24) is 44.7 Å². The van der Waals surface area contributed by atoms with Gasteiger partial charge in [-0.15, -0.1) is 15.3 Å². The van der Waals surface area contributed by atoms with Crippen molar-refractivity contribution in [3.05, 3.63) is 54.6 Å². The highest BCUT2D eigenvalue weighted by molar-refractivity contribution is 5.72. The molecular formula is C18H15N9O2. The smallest absolute Gasteiger partial charge is 0.240 e. The largest absolute Gasteiger partial charge is 0.468 e. The summed E-state index contributed by atoms with van der Waals surface area (Å²) in [6.45, 7) is 2.01. The van der Waals surface area contributed by atoms with E-state index in [1.807, 2.05) is 25.1 Å². The SMILES string of the molecule is Cc1cc(-c2nnc3cc(-c4ccncc4)c(OCc4ncnn4C)nn23)no1. The summed E-state index contributed by atoms with van der Waals surface area (Å²) >= 11 is 0. The summed E-state index contributed by atoms with van der Waals surface area (Å²) in [5.41, 5.74) is 2.75. The molecule has 0 bridgehead atoms. The predicted octanol–water partition coefficient (Wildman–Crippen LogP) is 1.86. The fourth-order valence-electron chi connectivity index (χ4n) is 2.88. The molecule has 0 atom stereocenters. The van der Waals surface area contributed by atoms with E-state index in [1.54, 1.807) is 34.7 Å². The van der Waals surface area contributed by atoms with Crippen LogP contribution >= 0.6 is 0 Å². The van der Waals surface area contributed by atoms with Gasteiger partial charge >= 0.3 is 0 Å². The Labute approximate surface area is 164 Å². The topological polar surface area (TPSA) is 122 Å². The summed E-state index contributed by atoms with van der Waals surface area (Å²) in [5, 5.41) is 21.1. The molecule has 0 saturated carbocycles. The average molecular weight is 389 g/mol. The molecule has 11 heteroatoms. The zero-order chi connectivity index (χ0) is 19.8. The minimum Gasteiger partial charge on any atom is -0.468 e. The summed E-state index contributed by atoms with van der Waals surface area (Å²) in [4.78, 5) is 8.26. The third-order valence-corrected chi connectivity index (χ3v) is 4.35. The van der Waals surface area contributed by atoms with Crippen LogP contribution < -0.4 is 4.74 Å². The molecule has 5 aromatic heterocycles. The molecule has 0 aliphatic heterocycles. The second kappa shape index (κ2) is 6.78. The maximum Gasteiger partial charge on any atom is 0.240 e. The number of pyridine rings is 1. The predicted molar refractivity (Wildman–Crippen MR) is 99.6 cm³/mol. The van der Waals surface area contributed by atoms with E-state index in [0.717, 1.165) is 11.1 Å². The summed E-state index contributed by atoms with van der Waals surface area (Å²) < 4.78 is 14.4. The number of ether oxygens (including phenoxy) is 1. The number of hydrogen-bond acceptors (Lipinski definition) is 9. The summed E-state index contributed by atoms with van der Waals surface area (Å²) in [5.74, 6) is 2.20. The molecule has 0 aliphatic rings. The molecule has 0 aromatic carbocycles. The number of nitrogens with zero attached hydrogens (tertiary/aromatic N) is 9. The van der Waals surface area contributed by atoms with Crippen LogP contribution in [0.3, 0.4) is 0 Å². The van der Waals surface area contributed by atoms with Crippen molar-refractivity contribution < 1.29 is 9.26 Å². The Kier molecular flexibility index (Phi) is 3.97. The molecule has 0 unspecified atom stereocenters. The van der Waals surface area contributed by atoms with Gasteiger partial charge in [0.25, 0.3) is 0 Å². The van der Waals surface area contributed by atoms with Gasteiger partial charge in [-0.1, -0.05) is 5.16 Å². The first-order valence-electron chi connectivity index (χ1n) is 8.75. The Hall–Kier alpha value is -4.15. The van der Waals surface area contributed by atoms with Gasteiger partial charge in [-0.3, -0.25) is 9.67 Å². The van der Waals surface area contributed by atoms with Crippen LogP contribution in [0.5, 0.6) is 5.88 Å². The second-order valence-electron chi connectivity index (χ2n) is 6.30. The van der Waals surface area contributed by atoms with Gasteiger partial charge in [0.1, 0.15) is 18.7 Å². The van der Waals surface area contributed by atoms with Crippen molar-refractivity contribution in [2.75, 3.05) is 0 Å². The molecule has 144 valence electrons. The van der Waals surface area contributed by atoms with Gasteiger partial charge in [0, 0.05) is 31.1 Å². The molecule has 0 fully saturated rings. The van der Waals surface area contributed by atoms with Crippen LogP contribution in [-0.4, -0.2) is 44.7 Å². The van der Waals surface area contributed by atoms with Gasteiger partial charge in [0.15, 0.2) is 17.2 Å². The van der Waals surface area contributed by atoms with Crippen LogP contribution in [-0.2, 0) is 13.7 Å². The van der Waals surface area contributed by atoms with Crippen molar-refractivity contribution in [2.45, 2.75) is 13.5 Å². The molecule has 11 nitrogen and oxygen atoms in total. The van der Waals surface area contributed by atoms with Gasteiger partial charge in [0.05, 0.1) is 0 Å². The van der Waals surface area contributed by atoms with Crippen LogP contribution in [0.15, 0.2) is 47.5 Å². The molecule has 0 N–H and O–H groups in total. The van der Waals surface area contributed by atoms with E-state index in [4.69, 9.17) is 9.26 Å².